The first-order valence-corrected chi connectivity index (χ1v) is 8.99. The molecular weight excluding hydrogens is 332 g/mol. The van der Waals surface area contributed by atoms with E-state index in [1.54, 1.807) is 0 Å². The highest BCUT2D eigenvalue weighted by Gasteiger charge is 2.30. The van der Waals surface area contributed by atoms with Crippen LogP contribution in [0.5, 0.6) is 0 Å². The van der Waals surface area contributed by atoms with Crippen molar-refractivity contribution in [2.75, 3.05) is 18.0 Å². The number of nitrogens with zero attached hydrogens (tertiary/aromatic N) is 2. The van der Waals surface area contributed by atoms with Crippen LogP contribution < -0.4 is 4.90 Å². The van der Waals surface area contributed by atoms with Gasteiger partial charge in [-0.3, -0.25) is 14.6 Å². The van der Waals surface area contributed by atoms with E-state index in [1.165, 1.54) is 19.3 Å². The Balaban J connectivity index is 0.00000225. The minimum atomic E-state index is -0.0503. The fourth-order valence-electron chi connectivity index (χ4n) is 3.53. The predicted molar refractivity (Wildman–Crippen MR) is 107 cm³/mol. The lowest BCUT2D eigenvalue weighted by molar-refractivity contribution is -0.123. The Morgan fingerprint density at radius 1 is 0.920 bits per heavy atom. The zero-order valence-corrected chi connectivity index (χ0v) is 15.6. The molecule has 4 heteroatoms. The monoisotopic (exact) mass is 358 g/mol. The molecule has 1 saturated heterocycles. The average molecular weight is 359 g/mol. The Labute approximate surface area is 157 Å². The van der Waals surface area contributed by atoms with Crippen molar-refractivity contribution < 1.29 is 4.79 Å². The van der Waals surface area contributed by atoms with E-state index in [0.717, 1.165) is 30.9 Å². The molecule has 1 fully saturated rings. The fraction of sp³-hybridized carbons (Fsp3) is 0.381. The number of hydrogen-bond acceptors (Lipinski definition) is 2. The standard InChI is InChI=1S/C21H26N2O.ClH/c1-2-20(22-16-10-5-11-17-22)21(24)23(18-12-6-3-7-13-18)19-14-8-4-9-15-19;/h3-4,6-9,12-15,20H,2,5,10-11,16-17H2,1H3;1H. The van der Waals surface area contributed by atoms with Crippen molar-refractivity contribution in [3.05, 3.63) is 60.7 Å². The van der Waals surface area contributed by atoms with Gasteiger partial charge in [0.2, 0.25) is 5.91 Å². The van der Waals surface area contributed by atoms with Gasteiger partial charge in [0.1, 0.15) is 0 Å². The summed E-state index contributed by atoms with van der Waals surface area (Å²) in [6.07, 6.45) is 4.51. The molecule has 0 radical (unpaired) electrons. The van der Waals surface area contributed by atoms with Gasteiger partial charge in [-0.2, -0.15) is 0 Å². The first-order valence-electron chi connectivity index (χ1n) is 8.99. The number of amides is 1. The number of carbonyl (C=O) groups excluding carboxylic acids is 1. The zero-order chi connectivity index (χ0) is 16.8. The van der Waals surface area contributed by atoms with E-state index in [-0.39, 0.29) is 24.4 Å². The molecule has 1 unspecified atom stereocenters. The van der Waals surface area contributed by atoms with Crippen molar-refractivity contribution >= 4 is 29.7 Å². The molecule has 0 aliphatic carbocycles. The third-order valence-electron chi connectivity index (χ3n) is 4.75. The van der Waals surface area contributed by atoms with Gasteiger partial charge in [-0.25, -0.2) is 0 Å². The number of carbonyl (C=O) groups is 1. The quantitative estimate of drug-likeness (QED) is 0.747. The number of para-hydroxylation sites is 2. The second-order valence-electron chi connectivity index (χ2n) is 6.37. The minimum Gasteiger partial charge on any atom is -0.292 e. The number of hydrogen-bond donors (Lipinski definition) is 0. The molecule has 134 valence electrons. The SMILES string of the molecule is CCC(C(=O)N(c1ccccc1)c1ccccc1)N1CCCCC1.Cl. The van der Waals surface area contributed by atoms with Gasteiger partial charge in [0.15, 0.2) is 0 Å². The van der Waals surface area contributed by atoms with Crippen LogP contribution in [0.25, 0.3) is 0 Å². The Kier molecular flexibility index (Phi) is 7.48. The van der Waals surface area contributed by atoms with Crippen LogP contribution in [0.2, 0.25) is 0 Å². The molecule has 1 amide bonds. The fourth-order valence-corrected chi connectivity index (χ4v) is 3.53. The van der Waals surface area contributed by atoms with Crippen LogP contribution in [0, 0.1) is 0 Å². The van der Waals surface area contributed by atoms with Crippen LogP contribution in [0.4, 0.5) is 11.4 Å². The van der Waals surface area contributed by atoms with E-state index in [1.807, 2.05) is 65.6 Å². The van der Waals surface area contributed by atoms with Gasteiger partial charge in [-0.1, -0.05) is 49.7 Å². The second-order valence-corrected chi connectivity index (χ2v) is 6.37. The van der Waals surface area contributed by atoms with Crippen molar-refractivity contribution in [3.63, 3.8) is 0 Å². The summed E-state index contributed by atoms with van der Waals surface area (Å²) in [5.74, 6) is 0.178. The van der Waals surface area contributed by atoms with Crippen LogP contribution in [0.15, 0.2) is 60.7 Å². The Hall–Kier alpha value is -1.84. The predicted octanol–water partition coefficient (Wildman–Crippen LogP) is 5.04. The highest BCUT2D eigenvalue weighted by atomic mass is 35.5. The van der Waals surface area contributed by atoms with Crippen LogP contribution in [-0.4, -0.2) is 29.9 Å². The van der Waals surface area contributed by atoms with E-state index >= 15 is 0 Å². The van der Waals surface area contributed by atoms with E-state index in [4.69, 9.17) is 0 Å². The number of likely N-dealkylation sites (tertiary alicyclic amines) is 1. The van der Waals surface area contributed by atoms with E-state index in [9.17, 15) is 4.79 Å². The molecule has 0 N–H and O–H groups in total. The second kappa shape index (κ2) is 9.59. The first kappa shape index (κ1) is 19.5. The number of piperidine rings is 1. The molecule has 3 nitrogen and oxygen atoms in total. The van der Waals surface area contributed by atoms with E-state index in [0.29, 0.717) is 0 Å². The zero-order valence-electron chi connectivity index (χ0n) is 14.8. The highest BCUT2D eigenvalue weighted by molar-refractivity contribution is 6.03. The van der Waals surface area contributed by atoms with Crippen LogP contribution in [-0.2, 0) is 4.79 Å². The maximum atomic E-state index is 13.5. The molecule has 1 heterocycles. The largest absolute Gasteiger partial charge is 0.292 e. The lowest BCUT2D eigenvalue weighted by Crippen LogP contribution is -2.49. The summed E-state index contributed by atoms with van der Waals surface area (Å²) in [5.41, 5.74) is 1.87. The summed E-state index contributed by atoms with van der Waals surface area (Å²) in [5, 5.41) is 0. The minimum absolute atomic E-state index is 0. The molecular formula is C21H27ClN2O. The molecule has 3 rings (SSSR count). The number of rotatable bonds is 5. The lowest BCUT2D eigenvalue weighted by Gasteiger charge is -2.36. The van der Waals surface area contributed by atoms with Crippen molar-refractivity contribution in [1.82, 2.24) is 4.90 Å². The Bertz CT molecular complexity index is 602. The molecule has 25 heavy (non-hydrogen) atoms. The van der Waals surface area contributed by atoms with Gasteiger partial charge in [0, 0.05) is 11.4 Å². The third kappa shape index (κ3) is 4.62. The number of halogens is 1. The molecule has 1 atom stereocenters. The van der Waals surface area contributed by atoms with E-state index < -0.39 is 0 Å². The molecule has 1 aliphatic rings. The van der Waals surface area contributed by atoms with Crippen LogP contribution in [0.1, 0.15) is 32.6 Å². The van der Waals surface area contributed by atoms with Gasteiger partial charge in [-0.05, 0) is 56.6 Å². The molecule has 0 aromatic heterocycles. The van der Waals surface area contributed by atoms with Gasteiger partial charge < -0.3 is 0 Å². The maximum absolute atomic E-state index is 13.5. The van der Waals surface area contributed by atoms with Crippen LogP contribution >= 0.6 is 12.4 Å². The summed E-state index contributed by atoms with van der Waals surface area (Å²) in [7, 11) is 0. The molecule has 0 saturated carbocycles. The van der Waals surface area contributed by atoms with Crippen molar-refractivity contribution in [2.45, 2.75) is 38.6 Å². The van der Waals surface area contributed by atoms with E-state index in [2.05, 4.69) is 11.8 Å². The molecule has 1 aliphatic heterocycles. The summed E-state index contributed by atoms with van der Waals surface area (Å²) < 4.78 is 0. The summed E-state index contributed by atoms with van der Waals surface area (Å²) in [6, 6.07) is 19.9. The average Bonchev–Trinajstić information content (AvgIpc) is 2.65. The topological polar surface area (TPSA) is 23.6 Å². The Morgan fingerprint density at radius 2 is 1.40 bits per heavy atom. The first-order chi connectivity index (χ1) is 11.8. The molecule has 0 spiro atoms. The highest BCUT2D eigenvalue weighted by Crippen LogP contribution is 2.28. The Morgan fingerprint density at radius 3 is 1.84 bits per heavy atom. The van der Waals surface area contributed by atoms with Crippen molar-refractivity contribution in [3.8, 4) is 0 Å². The number of anilines is 2. The van der Waals surface area contributed by atoms with Gasteiger partial charge in [0.05, 0.1) is 6.04 Å². The van der Waals surface area contributed by atoms with Gasteiger partial charge in [0.25, 0.3) is 0 Å². The van der Waals surface area contributed by atoms with Gasteiger partial charge in [-0.15, -0.1) is 12.4 Å². The van der Waals surface area contributed by atoms with Crippen molar-refractivity contribution in [1.29, 1.82) is 0 Å². The molecule has 2 aromatic carbocycles. The summed E-state index contributed by atoms with van der Waals surface area (Å²) in [6.45, 7) is 4.18. The smallest absolute Gasteiger partial charge is 0.248 e. The normalized spacial score (nSPS) is 15.9. The molecule has 0 bridgehead atoms. The number of benzene rings is 2. The maximum Gasteiger partial charge on any atom is 0.248 e. The third-order valence-corrected chi connectivity index (χ3v) is 4.75. The van der Waals surface area contributed by atoms with Crippen LogP contribution in [0.3, 0.4) is 0 Å². The molecule has 2 aromatic rings. The summed E-state index contributed by atoms with van der Waals surface area (Å²) in [4.78, 5) is 17.7. The summed E-state index contributed by atoms with van der Waals surface area (Å²) >= 11 is 0. The van der Waals surface area contributed by atoms with Gasteiger partial charge >= 0.3 is 0 Å². The lowest BCUT2D eigenvalue weighted by atomic mass is 10.0. The van der Waals surface area contributed by atoms with Crippen molar-refractivity contribution in [2.24, 2.45) is 0 Å².